The number of aromatic nitrogens is 2. The Morgan fingerprint density at radius 1 is 0.970 bits per heavy atom. The minimum absolute atomic E-state index is 0.177. The predicted molar refractivity (Wildman–Crippen MR) is 126 cm³/mol. The zero-order valence-corrected chi connectivity index (χ0v) is 19.3. The van der Waals surface area contributed by atoms with Crippen molar-refractivity contribution < 1.29 is 13.2 Å². The highest BCUT2D eigenvalue weighted by Crippen LogP contribution is 2.21. The first-order chi connectivity index (χ1) is 15.8. The van der Waals surface area contributed by atoms with E-state index < -0.39 is 10.0 Å². The molecule has 1 amide bonds. The highest BCUT2D eigenvalue weighted by molar-refractivity contribution is 7.89. The molecule has 2 aromatic carbocycles. The third-order valence-electron chi connectivity index (χ3n) is 5.44. The lowest BCUT2D eigenvalue weighted by molar-refractivity contribution is 0.0951. The monoisotopic (exact) mass is 486 g/mol. The number of benzene rings is 2. The topological polar surface area (TPSA) is 101 Å². The van der Waals surface area contributed by atoms with E-state index >= 15 is 0 Å². The van der Waals surface area contributed by atoms with Gasteiger partial charge in [0, 0.05) is 41.9 Å². The average Bonchev–Trinajstić information content (AvgIpc) is 3.37. The maximum Gasteiger partial charge on any atom is 0.266 e. The minimum atomic E-state index is -3.52. The molecule has 0 saturated carbocycles. The quantitative estimate of drug-likeness (QED) is 0.553. The van der Waals surface area contributed by atoms with E-state index in [1.807, 2.05) is 12.1 Å². The summed E-state index contributed by atoms with van der Waals surface area (Å²) in [6.45, 7) is 1.42. The summed E-state index contributed by atoms with van der Waals surface area (Å²) in [5, 5.41) is 7.70. The van der Waals surface area contributed by atoms with Crippen LogP contribution in [0.5, 0.6) is 0 Å². The van der Waals surface area contributed by atoms with Gasteiger partial charge in [-0.25, -0.2) is 13.1 Å². The van der Waals surface area contributed by atoms with E-state index in [1.54, 1.807) is 18.2 Å². The molecule has 33 heavy (non-hydrogen) atoms. The molecule has 0 radical (unpaired) electrons. The van der Waals surface area contributed by atoms with E-state index in [-0.39, 0.29) is 29.5 Å². The van der Waals surface area contributed by atoms with Crippen molar-refractivity contribution in [3.63, 3.8) is 0 Å². The summed E-state index contributed by atoms with van der Waals surface area (Å²) in [4.78, 5) is 24.8. The molecule has 4 rings (SSSR count). The van der Waals surface area contributed by atoms with Crippen molar-refractivity contribution in [2.24, 2.45) is 0 Å². The summed E-state index contributed by atoms with van der Waals surface area (Å²) in [6.07, 6.45) is 1.72. The Morgan fingerprint density at radius 3 is 2.30 bits per heavy atom. The van der Waals surface area contributed by atoms with Crippen LogP contribution in [0.2, 0.25) is 5.02 Å². The summed E-state index contributed by atoms with van der Waals surface area (Å²) < 4.78 is 28.0. The van der Waals surface area contributed by atoms with Crippen LogP contribution in [-0.2, 0) is 16.6 Å². The Hall–Kier alpha value is -3.01. The van der Waals surface area contributed by atoms with Gasteiger partial charge >= 0.3 is 0 Å². The normalized spacial score (nSPS) is 14.3. The number of nitrogens with one attached hydrogen (secondary N) is 1. The molecular weight excluding hydrogens is 464 g/mol. The van der Waals surface area contributed by atoms with Crippen molar-refractivity contribution in [3.05, 3.63) is 81.6 Å². The second-order valence-electron chi connectivity index (χ2n) is 7.68. The van der Waals surface area contributed by atoms with Gasteiger partial charge < -0.3 is 5.32 Å². The molecule has 1 fully saturated rings. The Morgan fingerprint density at radius 2 is 1.64 bits per heavy atom. The summed E-state index contributed by atoms with van der Waals surface area (Å²) in [7, 11) is -3.52. The standard InChI is InChI=1S/C23H23ClN4O4S/c24-19-7-3-17(4-8-19)21-11-12-22(29)28(26-21)16-13-25-23(30)18-5-9-20(10-6-18)33(31,32)27-14-1-2-15-27/h3-12H,1-2,13-16H2,(H,25,30). The van der Waals surface area contributed by atoms with Crippen molar-refractivity contribution in [1.82, 2.24) is 19.4 Å². The van der Waals surface area contributed by atoms with Gasteiger partial charge in [0.05, 0.1) is 17.1 Å². The van der Waals surface area contributed by atoms with Crippen LogP contribution in [0.15, 0.2) is 70.4 Å². The number of hydrogen-bond acceptors (Lipinski definition) is 5. The van der Waals surface area contributed by atoms with E-state index in [4.69, 9.17) is 11.6 Å². The highest BCUT2D eigenvalue weighted by Gasteiger charge is 2.27. The fraction of sp³-hybridized carbons (Fsp3) is 0.261. The fourth-order valence-corrected chi connectivity index (χ4v) is 5.26. The van der Waals surface area contributed by atoms with Crippen molar-refractivity contribution in [2.75, 3.05) is 19.6 Å². The molecule has 1 saturated heterocycles. The summed E-state index contributed by atoms with van der Waals surface area (Å²) >= 11 is 5.92. The molecule has 3 aromatic rings. The number of carbonyl (C=O) groups excluding carboxylic acids is 1. The third kappa shape index (κ3) is 5.32. The van der Waals surface area contributed by atoms with Gasteiger partial charge in [-0.1, -0.05) is 23.7 Å². The lowest BCUT2D eigenvalue weighted by atomic mass is 10.1. The smallest absolute Gasteiger partial charge is 0.266 e. The van der Waals surface area contributed by atoms with E-state index in [1.165, 1.54) is 39.3 Å². The van der Waals surface area contributed by atoms with Crippen LogP contribution in [0.1, 0.15) is 23.2 Å². The van der Waals surface area contributed by atoms with Gasteiger partial charge in [0.1, 0.15) is 0 Å². The largest absolute Gasteiger partial charge is 0.350 e. The number of nitrogens with zero attached hydrogens (tertiary/aromatic N) is 3. The molecule has 8 nitrogen and oxygen atoms in total. The molecule has 1 aliphatic heterocycles. The molecular formula is C23H23ClN4O4S. The molecule has 0 spiro atoms. The first kappa shape index (κ1) is 23.2. The number of hydrogen-bond donors (Lipinski definition) is 1. The van der Waals surface area contributed by atoms with Crippen molar-refractivity contribution in [3.8, 4) is 11.3 Å². The lowest BCUT2D eigenvalue weighted by Gasteiger charge is -2.15. The van der Waals surface area contributed by atoms with Gasteiger partial charge in [-0.15, -0.1) is 0 Å². The van der Waals surface area contributed by atoms with Crippen LogP contribution in [-0.4, -0.2) is 48.0 Å². The molecule has 172 valence electrons. The first-order valence-corrected chi connectivity index (χ1v) is 12.4. The van der Waals surface area contributed by atoms with E-state index in [2.05, 4.69) is 10.4 Å². The average molecular weight is 487 g/mol. The summed E-state index contributed by atoms with van der Waals surface area (Å²) in [5.41, 5.74) is 1.50. The number of sulfonamides is 1. The summed E-state index contributed by atoms with van der Waals surface area (Å²) in [6, 6.07) is 16.1. The van der Waals surface area contributed by atoms with Crippen molar-refractivity contribution >= 4 is 27.5 Å². The molecule has 10 heteroatoms. The molecule has 1 N–H and O–H groups in total. The predicted octanol–water partition coefficient (Wildman–Crippen LogP) is 2.78. The highest BCUT2D eigenvalue weighted by atomic mass is 35.5. The zero-order valence-electron chi connectivity index (χ0n) is 17.8. The molecule has 0 unspecified atom stereocenters. The SMILES string of the molecule is O=C(NCCn1nc(-c2ccc(Cl)cc2)ccc1=O)c1ccc(S(=O)(=O)N2CCCC2)cc1. The van der Waals surface area contributed by atoms with E-state index in [0.29, 0.717) is 29.4 Å². The van der Waals surface area contributed by atoms with Crippen molar-refractivity contribution in [1.29, 1.82) is 0 Å². The Labute approximate surface area is 196 Å². The van der Waals surface area contributed by atoms with E-state index in [0.717, 1.165) is 18.4 Å². The molecule has 0 atom stereocenters. The van der Waals surface area contributed by atoms with Crippen LogP contribution in [0.3, 0.4) is 0 Å². The fourth-order valence-electron chi connectivity index (χ4n) is 3.62. The van der Waals surface area contributed by atoms with Gasteiger partial charge in [-0.3, -0.25) is 9.59 Å². The van der Waals surface area contributed by atoms with Crippen molar-refractivity contribution in [2.45, 2.75) is 24.3 Å². The van der Waals surface area contributed by atoms with Gasteiger partial charge in [0.15, 0.2) is 0 Å². The van der Waals surface area contributed by atoms with Gasteiger partial charge in [-0.05, 0) is 55.3 Å². The lowest BCUT2D eigenvalue weighted by Crippen LogP contribution is -2.32. The second-order valence-corrected chi connectivity index (χ2v) is 10.1. The van der Waals surface area contributed by atoms with Gasteiger partial charge in [-0.2, -0.15) is 9.40 Å². The number of rotatable bonds is 7. The van der Waals surface area contributed by atoms with Gasteiger partial charge in [0.25, 0.3) is 11.5 Å². The Bertz CT molecular complexity index is 1300. The number of amides is 1. The third-order valence-corrected chi connectivity index (χ3v) is 7.60. The van der Waals surface area contributed by atoms with Crippen LogP contribution in [0.25, 0.3) is 11.3 Å². The molecule has 1 aromatic heterocycles. The summed E-state index contributed by atoms with van der Waals surface area (Å²) in [5.74, 6) is -0.359. The van der Waals surface area contributed by atoms with Crippen LogP contribution >= 0.6 is 11.6 Å². The Kier molecular flexibility index (Phi) is 6.92. The van der Waals surface area contributed by atoms with Crippen LogP contribution in [0, 0.1) is 0 Å². The molecule has 1 aliphatic rings. The number of carbonyl (C=O) groups is 1. The Balaban J connectivity index is 1.38. The zero-order chi connectivity index (χ0) is 23.4. The first-order valence-electron chi connectivity index (χ1n) is 10.6. The molecule has 2 heterocycles. The van der Waals surface area contributed by atoms with Crippen LogP contribution in [0.4, 0.5) is 0 Å². The maximum absolute atomic E-state index is 12.6. The van der Waals surface area contributed by atoms with Gasteiger partial charge in [0.2, 0.25) is 10.0 Å². The minimum Gasteiger partial charge on any atom is -0.350 e. The molecule has 0 bridgehead atoms. The van der Waals surface area contributed by atoms with E-state index in [9.17, 15) is 18.0 Å². The molecule has 0 aliphatic carbocycles. The maximum atomic E-state index is 12.6. The van der Waals surface area contributed by atoms with Crippen LogP contribution < -0.4 is 10.9 Å². The second kappa shape index (κ2) is 9.86. The number of halogens is 1.